The molecule has 30 heavy (non-hydrogen) atoms. The van der Waals surface area contributed by atoms with Crippen molar-refractivity contribution in [2.45, 2.75) is 23.8 Å². The van der Waals surface area contributed by atoms with Crippen LogP contribution in [0.5, 0.6) is 0 Å². The van der Waals surface area contributed by atoms with Crippen LogP contribution in [0.1, 0.15) is 39.7 Å². The lowest BCUT2D eigenvalue weighted by Crippen LogP contribution is -2.39. The molecule has 0 bridgehead atoms. The Morgan fingerprint density at radius 2 is 1.83 bits per heavy atom. The van der Waals surface area contributed by atoms with Crippen molar-refractivity contribution in [3.05, 3.63) is 52.3 Å². The molecule has 0 atom stereocenters. The first-order valence-electron chi connectivity index (χ1n) is 9.43. The zero-order chi connectivity index (χ0) is 22.1. The predicted octanol–water partition coefficient (Wildman–Crippen LogP) is 2.76. The highest BCUT2D eigenvalue weighted by Gasteiger charge is 2.28. The van der Waals surface area contributed by atoms with Gasteiger partial charge in [-0.1, -0.05) is 0 Å². The van der Waals surface area contributed by atoms with Crippen molar-refractivity contribution < 1.29 is 22.7 Å². The van der Waals surface area contributed by atoms with E-state index in [0.717, 1.165) is 4.31 Å². The second kappa shape index (κ2) is 8.91. The van der Waals surface area contributed by atoms with Gasteiger partial charge in [0.15, 0.2) is 0 Å². The van der Waals surface area contributed by atoms with E-state index in [1.165, 1.54) is 27.3 Å². The third kappa shape index (κ3) is 4.30. The number of rotatable bonds is 5. The van der Waals surface area contributed by atoms with Gasteiger partial charge in [0.05, 0.1) is 12.0 Å². The number of methoxy groups -OCH3 is 1. The summed E-state index contributed by atoms with van der Waals surface area (Å²) in [6.45, 7) is 1.02. The molecule has 0 unspecified atom stereocenters. The maximum atomic E-state index is 13.0. The van der Waals surface area contributed by atoms with E-state index in [4.69, 9.17) is 4.74 Å². The number of carbonyl (C=O) groups is 2. The molecule has 0 spiro atoms. The van der Waals surface area contributed by atoms with Gasteiger partial charge < -0.3 is 14.2 Å². The summed E-state index contributed by atoms with van der Waals surface area (Å²) < 4.78 is 33.3. The highest BCUT2D eigenvalue weighted by atomic mass is 79.9. The predicted molar refractivity (Wildman–Crippen MR) is 115 cm³/mol. The van der Waals surface area contributed by atoms with E-state index in [1.807, 2.05) is 10.8 Å². The van der Waals surface area contributed by atoms with Gasteiger partial charge in [0.25, 0.3) is 5.91 Å². The number of sulfonamides is 1. The minimum absolute atomic E-state index is 0.0586. The molecule has 1 aromatic carbocycles. The van der Waals surface area contributed by atoms with Crippen molar-refractivity contribution in [2.24, 2.45) is 0 Å². The molecule has 162 valence electrons. The fourth-order valence-electron chi connectivity index (χ4n) is 3.55. The Hall–Kier alpha value is -2.17. The molecule has 1 aromatic heterocycles. The van der Waals surface area contributed by atoms with Gasteiger partial charge in [-0.2, -0.15) is 0 Å². The summed E-state index contributed by atoms with van der Waals surface area (Å²) in [6, 6.07) is 8.23. The van der Waals surface area contributed by atoms with E-state index < -0.39 is 10.0 Å². The summed E-state index contributed by atoms with van der Waals surface area (Å²) in [4.78, 5) is 26.7. The maximum Gasteiger partial charge on any atom is 0.354 e. The van der Waals surface area contributed by atoms with Crippen molar-refractivity contribution in [1.29, 1.82) is 0 Å². The van der Waals surface area contributed by atoms with Gasteiger partial charge in [-0.25, -0.2) is 17.5 Å². The highest BCUT2D eigenvalue weighted by molar-refractivity contribution is 9.10. The summed E-state index contributed by atoms with van der Waals surface area (Å²) in [6.07, 6.45) is 3.22. The number of ether oxygens (including phenoxy) is 1. The van der Waals surface area contributed by atoms with Crippen LogP contribution in [0, 0.1) is 0 Å². The van der Waals surface area contributed by atoms with Gasteiger partial charge in [0.1, 0.15) is 5.69 Å². The van der Waals surface area contributed by atoms with Crippen LogP contribution in [0.4, 0.5) is 0 Å². The summed E-state index contributed by atoms with van der Waals surface area (Å²) in [5, 5.41) is 0. The molecular weight excluding hydrogens is 474 g/mol. The number of esters is 1. The molecule has 1 amide bonds. The molecule has 1 fully saturated rings. The Morgan fingerprint density at radius 3 is 2.43 bits per heavy atom. The first-order valence-corrected chi connectivity index (χ1v) is 11.7. The van der Waals surface area contributed by atoms with Gasteiger partial charge in [0.2, 0.25) is 10.0 Å². The average molecular weight is 498 g/mol. The summed E-state index contributed by atoms with van der Waals surface area (Å²) in [5.41, 5.74) is 0.821. The quantitative estimate of drug-likeness (QED) is 0.592. The number of hydrogen-bond acceptors (Lipinski definition) is 5. The first-order chi connectivity index (χ1) is 14.2. The molecule has 2 heterocycles. The van der Waals surface area contributed by atoms with Crippen molar-refractivity contribution in [3.8, 4) is 0 Å². The minimum Gasteiger partial charge on any atom is -0.464 e. The van der Waals surface area contributed by atoms with Crippen molar-refractivity contribution in [1.82, 2.24) is 13.8 Å². The van der Waals surface area contributed by atoms with Gasteiger partial charge in [-0.05, 0) is 59.1 Å². The summed E-state index contributed by atoms with van der Waals surface area (Å²) in [7, 11) is 0.570. The molecule has 3 rings (SSSR count). The highest BCUT2D eigenvalue weighted by Crippen LogP contribution is 2.28. The number of piperidine rings is 1. The molecule has 0 aliphatic carbocycles. The third-order valence-electron chi connectivity index (χ3n) is 5.26. The zero-order valence-corrected chi connectivity index (χ0v) is 19.4. The summed E-state index contributed by atoms with van der Waals surface area (Å²) in [5.74, 6) is -0.597. The Balaban J connectivity index is 1.75. The van der Waals surface area contributed by atoms with Crippen LogP contribution in [-0.2, 0) is 14.8 Å². The van der Waals surface area contributed by atoms with Crippen molar-refractivity contribution in [2.75, 3.05) is 34.3 Å². The van der Waals surface area contributed by atoms with E-state index in [0.29, 0.717) is 41.7 Å². The molecule has 1 aliphatic heterocycles. The van der Waals surface area contributed by atoms with E-state index in [9.17, 15) is 18.0 Å². The number of nitrogens with zero attached hydrogens (tertiary/aromatic N) is 3. The van der Waals surface area contributed by atoms with Crippen LogP contribution in [0.3, 0.4) is 0 Å². The second-order valence-electron chi connectivity index (χ2n) is 7.25. The molecule has 10 heteroatoms. The molecule has 1 saturated heterocycles. The zero-order valence-electron chi connectivity index (χ0n) is 17.0. The monoisotopic (exact) mass is 497 g/mol. The average Bonchev–Trinajstić information content (AvgIpc) is 3.22. The number of likely N-dealkylation sites (tertiary alicyclic amines) is 1. The molecule has 2 aromatic rings. The van der Waals surface area contributed by atoms with Crippen molar-refractivity contribution >= 4 is 37.8 Å². The number of benzene rings is 1. The number of carbonyl (C=O) groups excluding carboxylic acids is 2. The largest absolute Gasteiger partial charge is 0.464 e. The Bertz CT molecular complexity index is 1060. The molecular formula is C20H24BrN3O5S. The first kappa shape index (κ1) is 22.5. The lowest BCUT2D eigenvalue weighted by atomic mass is 10.0. The number of aromatic nitrogens is 1. The van der Waals surface area contributed by atoms with Gasteiger partial charge >= 0.3 is 5.97 Å². The normalized spacial score (nSPS) is 15.4. The number of halogens is 1. The Labute approximate surface area is 184 Å². The third-order valence-corrected chi connectivity index (χ3v) is 8.06. The molecule has 8 nitrogen and oxygen atoms in total. The number of hydrogen-bond donors (Lipinski definition) is 0. The van der Waals surface area contributed by atoms with Gasteiger partial charge in [-0.15, -0.1) is 0 Å². The van der Waals surface area contributed by atoms with E-state index in [-0.39, 0.29) is 22.8 Å². The Kier molecular flexibility index (Phi) is 6.68. The Morgan fingerprint density at radius 1 is 1.17 bits per heavy atom. The van der Waals surface area contributed by atoms with E-state index in [1.54, 1.807) is 29.2 Å². The van der Waals surface area contributed by atoms with Crippen LogP contribution in [0.25, 0.3) is 0 Å². The van der Waals surface area contributed by atoms with Crippen LogP contribution >= 0.6 is 15.9 Å². The minimum atomic E-state index is -3.68. The van der Waals surface area contributed by atoms with E-state index >= 15 is 0 Å². The SMILES string of the molecule is COC(=O)c1cccn1C1CCN(C(=O)c2ccc(Br)c(S(=O)(=O)N(C)C)c2)CC1. The van der Waals surface area contributed by atoms with E-state index in [2.05, 4.69) is 15.9 Å². The smallest absolute Gasteiger partial charge is 0.354 e. The topological polar surface area (TPSA) is 88.9 Å². The standard InChI is InChI=1S/C20H24BrN3O5S/c1-22(2)30(27,28)18-13-14(6-7-16(18)21)19(25)23-11-8-15(9-12-23)24-10-4-5-17(24)20(26)29-3/h4-7,10,13,15H,8-9,11-12H2,1-3H3. The van der Waals surface area contributed by atoms with Crippen LogP contribution in [-0.4, -0.2) is 68.4 Å². The van der Waals surface area contributed by atoms with Crippen LogP contribution in [0.15, 0.2) is 45.9 Å². The lowest BCUT2D eigenvalue weighted by molar-refractivity contribution is 0.0573. The van der Waals surface area contributed by atoms with Crippen molar-refractivity contribution in [3.63, 3.8) is 0 Å². The van der Waals surface area contributed by atoms with Crippen LogP contribution < -0.4 is 0 Å². The van der Waals surface area contributed by atoms with Crippen LogP contribution in [0.2, 0.25) is 0 Å². The van der Waals surface area contributed by atoms with Gasteiger partial charge in [0, 0.05) is 49.5 Å². The fourth-order valence-corrected chi connectivity index (χ4v) is 5.39. The summed E-state index contributed by atoms with van der Waals surface area (Å²) >= 11 is 3.26. The molecule has 0 N–H and O–H groups in total. The maximum absolute atomic E-state index is 13.0. The second-order valence-corrected chi connectivity index (χ2v) is 10.2. The fraction of sp³-hybridized carbons (Fsp3) is 0.400. The number of amides is 1. The lowest BCUT2D eigenvalue weighted by Gasteiger charge is -2.33. The molecule has 0 radical (unpaired) electrons. The molecule has 0 saturated carbocycles. The molecule has 1 aliphatic rings. The van der Waals surface area contributed by atoms with Gasteiger partial charge in [-0.3, -0.25) is 4.79 Å².